The van der Waals surface area contributed by atoms with Crippen LogP contribution in [0.15, 0.2) is 41.7 Å². The highest BCUT2D eigenvalue weighted by Gasteiger charge is 2.49. The van der Waals surface area contributed by atoms with Gasteiger partial charge in [0.2, 0.25) is 0 Å². The van der Waals surface area contributed by atoms with Crippen molar-refractivity contribution >= 4 is 16.9 Å². The highest BCUT2D eigenvalue weighted by molar-refractivity contribution is 7.12. The van der Waals surface area contributed by atoms with Gasteiger partial charge >= 0.3 is 6.18 Å². The summed E-state index contributed by atoms with van der Waals surface area (Å²) in [6, 6.07) is 0. The van der Waals surface area contributed by atoms with Crippen LogP contribution in [-0.4, -0.2) is 39.7 Å². The number of rotatable bonds is 9. The van der Waals surface area contributed by atoms with Gasteiger partial charge in [0.15, 0.2) is 0 Å². The predicted molar refractivity (Wildman–Crippen MR) is 134 cm³/mol. The third kappa shape index (κ3) is 6.46. The molecule has 0 bridgehead atoms. The van der Waals surface area contributed by atoms with E-state index in [0.29, 0.717) is 19.3 Å². The van der Waals surface area contributed by atoms with Crippen LogP contribution in [0.2, 0.25) is 0 Å². The van der Waals surface area contributed by atoms with Crippen molar-refractivity contribution in [3.8, 4) is 0 Å². The van der Waals surface area contributed by atoms with Gasteiger partial charge in [0, 0.05) is 16.4 Å². The standard InChI is InChI=1S/C27H36F3NO3S/c1-6-20-23(35-24(31-20)18-11-13-26(5,14-12-18)27(28,29)30)10-8-21(33)19-7-9-22(17(2)15-19)34-25(3,4)16-32/h9,11-13,15,19,21,32-33H,6-8,10,14,16H2,1-5H3. The Morgan fingerprint density at radius 3 is 2.54 bits per heavy atom. The highest BCUT2D eigenvalue weighted by Crippen LogP contribution is 2.46. The summed E-state index contributed by atoms with van der Waals surface area (Å²) in [4.78, 5) is 5.76. The van der Waals surface area contributed by atoms with Gasteiger partial charge in [-0.1, -0.05) is 31.2 Å². The lowest BCUT2D eigenvalue weighted by Gasteiger charge is -2.30. The van der Waals surface area contributed by atoms with E-state index in [9.17, 15) is 23.4 Å². The van der Waals surface area contributed by atoms with Crippen LogP contribution >= 0.6 is 11.3 Å². The van der Waals surface area contributed by atoms with E-state index in [2.05, 4.69) is 0 Å². The van der Waals surface area contributed by atoms with E-state index < -0.39 is 23.3 Å². The van der Waals surface area contributed by atoms with E-state index in [-0.39, 0.29) is 18.9 Å². The van der Waals surface area contributed by atoms with E-state index in [1.54, 1.807) is 6.08 Å². The maximum Gasteiger partial charge on any atom is 0.397 e. The minimum atomic E-state index is -4.28. The van der Waals surface area contributed by atoms with Crippen LogP contribution in [0.5, 0.6) is 0 Å². The maximum absolute atomic E-state index is 13.3. The predicted octanol–water partition coefficient (Wildman–Crippen LogP) is 6.55. The fraction of sp³-hybridized carbons (Fsp3) is 0.593. The molecule has 0 fully saturated rings. The lowest BCUT2D eigenvalue weighted by atomic mass is 9.81. The van der Waals surface area contributed by atoms with Crippen molar-refractivity contribution in [2.24, 2.45) is 11.3 Å². The van der Waals surface area contributed by atoms with Gasteiger partial charge in [0.05, 0.1) is 23.8 Å². The van der Waals surface area contributed by atoms with Gasteiger partial charge in [-0.05, 0) is 71.4 Å². The Kier molecular flexibility index (Phi) is 8.39. The van der Waals surface area contributed by atoms with Crippen LogP contribution in [-0.2, 0) is 17.6 Å². The molecular weight excluding hydrogens is 475 g/mol. The zero-order valence-corrected chi connectivity index (χ0v) is 21.9. The number of aromatic nitrogens is 1. The second-order valence-electron chi connectivity index (χ2n) is 10.3. The first-order chi connectivity index (χ1) is 16.3. The molecule has 3 unspecified atom stereocenters. The normalized spacial score (nSPS) is 24.1. The molecular formula is C27H36F3NO3S. The lowest BCUT2D eigenvalue weighted by molar-refractivity contribution is -0.199. The topological polar surface area (TPSA) is 62.6 Å². The third-order valence-corrected chi connectivity index (χ3v) is 7.95. The van der Waals surface area contributed by atoms with Crippen molar-refractivity contribution in [2.75, 3.05) is 6.61 Å². The number of aliphatic hydroxyl groups is 2. The van der Waals surface area contributed by atoms with Gasteiger partial charge in [-0.2, -0.15) is 13.2 Å². The second-order valence-corrected chi connectivity index (χ2v) is 11.4. The fourth-order valence-electron chi connectivity index (χ4n) is 4.17. The molecule has 2 aliphatic carbocycles. The zero-order chi connectivity index (χ0) is 26.0. The molecule has 3 atom stereocenters. The highest BCUT2D eigenvalue weighted by atomic mass is 32.1. The van der Waals surface area contributed by atoms with Crippen molar-refractivity contribution in [3.05, 3.63) is 57.3 Å². The molecule has 35 heavy (non-hydrogen) atoms. The molecule has 1 heterocycles. The van der Waals surface area contributed by atoms with Crippen LogP contribution in [0.3, 0.4) is 0 Å². The maximum atomic E-state index is 13.3. The average molecular weight is 512 g/mol. The summed E-state index contributed by atoms with van der Waals surface area (Å²) in [5, 5.41) is 21.0. The smallest absolute Gasteiger partial charge is 0.397 e. The molecule has 2 aliphatic rings. The number of nitrogens with zero attached hydrogens (tertiary/aromatic N) is 1. The molecule has 194 valence electrons. The van der Waals surface area contributed by atoms with Gasteiger partial charge in [-0.3, -0.25) is 0 Å². The lowest BCUT2D eigenvalue weighted by Crippen LogP contribution is -2.33. The first-order valence-electron chi connectivity index (χ1n) is 12.1. The largest absolute Gasteiger partial charge is 0.486 e. The molecule has 0 aromatic carbocycles. The van der Waals surface area contributed by atoms with Crippen LogP contribution in [0.25, 0.3) is 5.57 Å². The fourth-order valence-corrected chi connectivity index (χ4v) is 5.35. The molecule has 1 aromatic rings. The summed E-state index contributed by atoms with van der Waals surface area (Å²) in [6.07, 6.45) is 6.09. The molecule has 0 saturated heterocycles. The summed E-state index contributed by atoms with van der Waals surface area (Å²) in [6.45, 7) is 8.72. The minimum absolute atomic E-state index is 0.0268. The molecule has 0 aliphatic heterocycles. The number of ether oxygens (including phenoxy) is 1. The third-order valence-electron chi connectivity index (χ3n) is 6.74. The molecule has 0 amide bonds. The monoisotopic (exact) mass is 511 g/mol. The number of allylic oxidation sites excluding steroid dienone is 6. The van der Waals surface area contributed by atoms with Gasteiger partial charge in [-0.25, -0.2) is 4.98 Å². The number of thiazole rings is 1. The van der Waals surface area contributed by atoms with Crippen molar-refractivity contribution in [3.63, 3.8) is 0 Å². The van der Waals surface area contributed by atoms with Crippen LogP contribution in [0.4, 0.5) is 13.2 Å². The Hall–Kier alpha value is -1.90. The Bertz CT molecular complexity index is 1030. The zero-order valence-electron chi connectivity index (χ0n) is 21.1. The Morgan fingerprint density at radius 2 is 2.00 bits per heavy atom. The average Bonchev–Trinajstić information content (AvgIpc) is 3.21. The number of alkyl halides is 3. The number of aliphatic hydroxyl groups excluding tert-OH is 2. The summed E-state index contributed by atoms with van der Waals surface area (Å²) >= 11 is 1.50. The molecule has 1 aromatic heterocycles. The van der Waals surface area contributed by atoms with Crippen molar-refractivity contribution < 1.29 is 28.1 Å². The van der Waals surface area contributed by atoms with Gasteiger partial charge in [0.25, 0.3) is 0 Å². The van der Waals surface area contributed by atoms with Gasteiger partial charge < -0.3 is 14.9 Å². The molecule has 0 saturated carbocycles. The van der Waals surface area contributed by atoms with Crippen molar-refractivity contribution in [2.45, 2.75) is 84.6 Å². The van der Waals surface area contributed by atoms with Crippen molar-refractivity contribution in [1.82, 2.24) is 4.98 Å². The van der Waals surface area contributed by atoms with Crippen LogP contribution < -0.4 is 0 Å². The Balaban J connectivity index is 1.63. The van der Waals surface area contributed by atoms with E-state index >= 15 is 0 Å². The quantitative estimate of drug-likeness (QED) is 0.395. The summed E-state index contributed by atoms with van der Waals surface area (Å²) < 4.78 is 45.8. The summed E-state index contributed by atoms with van der Waals surface area (Å²) in [7, 11) is 0. The number of hydrogen-bond acceptors (Lipinski definition) is 5. The molecule has 0 radical (unpaired) electrons. The first-order valence-corrected chi connectivity index (χ1v) is 12.9. The number of hydrogen-bond donors (Lipinski definition) is 2. The van der Waals surface area contributed by atoms with E-state index in [0.717, 1.165) is 38.9 Å². The number of halogens is 3. The summed E-state index contributed by atoms with van der Waals surface area (Å²) in [5.74, 6) is 0.712. The van der Waals surface area contributed by atoms with Gasteiger partial charge in [0.1, 0.15) is 16.4 Å². The van der Waals surface area contributed by atoms with Crippen molar-refractivity contribution in [1.29, 1.82) is 0 Å². The SMILES string of the molecule is CCc1nc(C2=CCC(C)(C(F)(F)F)C=C2)sc1CCC(O)C1C=C(C)C(OC(C)(C)CO)=CC1. The second kappa shape index (κ2) is 10.6. The van der Waals surface area contributed by atoms with Gasteiger partial charge in [-0.15, -0.1) is 11.3 Å². The Labute approximate surface area is 209 Å². The van der Waals surface area contributed by atoms with E-state index in [1.807, 2.05) is 39.8 Å². The first kappa shape index (κ1) is 27.7. The molecule has 3 rings (SSSR count). The van der Waals surface area contributed by atoms with E-state index in [1.165, 1.54) is 30.4 Å². The molecule has 8 heteroatoms. The summed E-state index contributed by atoms with van der Waals surface area (Å²) in [5.41, 5.74) is 0.104. The molecule has 0 spiro atoms. The molecule has 2 N–H and O–H groups in total. The van der Waals surface area contributed by atoms with Crippen LogP contribution in [0, 0.1) is 11.3 Å². The number of aryl methyl sites for hydroxylation is 2. The van der Waals surface area contributed by atoms with E-state index in [4.69, 9.17) is 9.72 Å². The Morgan fingerprint density at radius 1 is 1.29 bits per heavy atom. The molecule has 4 nitrogen and oxygen atoms in total. The van der Waals surface area contributed by atoms with Crippen LogP contribution in [0.1, 0.15) is 69.5 Å². The minimum Gasteiger partial charge on any atom is -0.486 e.